The number of methoxy groups -OCH3 is 1. The van der Waals surface area contributed by atoms with Crippen molar-refractivity contribution in [3.05, 3.63) is 57.6 Å². The first-order chi connectivity index (χ1) is 13.2. The molecule has 0 aromatic carbocycles. The number of allylic oxidation sites excluding steroid dienone is 5. The number of sulfone groups is 1. The van der Waals surface area contributed by atoms with E-state index in [0.29, 0.717) is 17.6 Å². The molecule has 0 saturated heterocycles. The maximum absolute atomic E-state index is 12.4. The van der Waals surface area contributed by atoms with E-state index in [0.717, 1.165) is 22.1 Å². The summed E-state index contributed by atoms with van der Waals surface area (Å²) in [6, 6.07) is 0. The number of ether oxygens (including phenoxy) is 1. The summed E-state index contributed by atoms with van der Waals surface area (Å²) in [6.07, 6.45) is 7.44. The lowest BCUT2D eigenvalue weighted by Gasteiger charge is -2.14. The van der Waals surface area contributed by atoms with E-state index in [1.54, 1.807) is 12.2 Å². The SMILES string of the molecule is C=CCC1=C/C(=C\c2c(N)n3nc(S(C)(=O)=O)sc3nc2=O)C=C(OC)C1=O. The molecule has 28 heavy (non-hydrogen) atoms. The molecule has 1 aliphatic carbocycles. The second-order valence-electron chi connectivity index (χ2n) is 5.90. The third-order valence-corrected chi connectivity index (χ3v) is 6.42. The van der Waals surface area contributed by atoms with Gasteiger partial charge in [-0.2, -0.15) is 9.50 Å². The molecule has 0 amide bonds. The summed E-state index contributed by atoms with van der Waals surface area (Å²) >= 11 is 0.751. The molecule has 0 spiro atoms. The summed E-state index contributed by atoms with van der Waals surface area (Å²) in [5, 5.41) is 3.93. The van der Waals surface area contributed by atoms with Gasteiger partial charge in [0.1, 0.15) is 5.82 Å². The maximum atomic E-state index is 12.4. The lowest BCUT2D eigenvalue weighted by Crippen LogP contribution is -2.17. The van der Waals surface area contributed by atoms with Crippen molar-refractivity contribution in [2.24, 2.45) is 0 Å². The molecule has 3 rings (SSSR count). The highest BCUT2D eigenvalue weighted by Gasteiger charge is 2.22. The standard InChI is InChI=1S/C17H16N4O5S2/c1-4-5-10-6-9(8-12(26-2)13(10)22)7-11-14(18)21-16(19-15(11)23)27-17(20-21)28(3,24)25/h4,6-8H,1,5,18H2,2-3H3/b9-7+. The molecular weight excluding hydrogens is 404 g/mol. The lowest BCUT2D eigenvalue weighted by molar-refractivity contribution is -0.115. The summed E-state index contributed by atoms with van der Waals surface area (Å²) in [5.41, 5.74) is 6.38. The Labute approximate surface area is 164 Å². The number of nitrogens with zero attached hydrogens (tertiary/aromatic N) is 3. The van der Waals surface area contributed by atoms with Crippen LogP contribution in [0, 0.1) is 0 Å². The molecule has 0 atom stereocenters. The molecule has 11 heteroatoms. The molecule has 146 valence electrons. The fourth-order valence-electron chi connectivity index (χ4n) is 2.54. The molecule has 2 heterocycles. The van der Waals surface area contributed by atoms with Crippen molar-refractivity contribution in [2.45, 2.75) is 10.8 Å². The minimum atomic E-state index is -3.57. The van der Waals surface area contributed by atoms with Gasteiger partial charge in [0, 0.05) is 11.8 Å². The summed E-state index contributed by atoms with van der Waals surface area (Å²) < 4.78 is 29.4. The predicted molar refractivity (Wildman–Crippen MR) is 106 cm³/mol. The van der Waals surface area contributed by atoms with Crippen LogP contribution < -0.4 is 11.3 Å². The van der Waals surface area contributed by atoms with Crippen LogP contribution in [0.2, 0.25) is 0 Å². The number of carbonyl (C=O) groups excluding carboxylic acids is 1. The number of hydrogen-bond acceptors (Lipinski definition) is 9. The zero-order valence-corrected chi connectivity index (χ0v) is 16.6. The number of ketones is 1. The van der Waals surface area contributed by atoms with Crippen LogP contribution in [0.25, 0.3) is 11.0 Å². The van der Waals surface area contributed by atoms with Crippen LogP contribution in [0.5, 0.6) is 0 Å². The fraction of sp³-hybridized carbons (Fsp3) is 0.176. The largest absolute Gasteiger partial charge is 0.493 e. The minimum Gasteiger partial charge on any atom is -0.493 e. The molecule has 2 aromatic rings. The molecule has 0 radical (unpaired) electrons. The molecule has 0 fully saturated rings. The van der Waals surface area contributed by atoms with Gasteiger partial charge in [0.2, 0.25) is 24.9 Å². The Balaban J connectivity index is 2.20. The third-order valence-electron chi connectivity index (χ3n) is 3.84. The Morgan fingerprint density at radius 3 is 2.68 bits per heavy atom. The van der Waals surface area contributed by atoms with Gasteiger partial charge in [-0.3, -0.25) is 9.59 Å². The summed E-state index contributed by atoms with van der Waals surface area (Å²) in [4.78, 5) is 28.6. The van der Waals surface area contributed by atoms with Gasteiger partial charge >= 0.3 is 0 Å². The lowest BCUT2D eigenvalue weighted by atomic mass is 9.95. The molecule has 2 N–H and O–H groups in total. The van der Waals surface area contributed by atoms with Crippen molar-refractivity contribution in [3.63, 3.8) is 0 Å². The highest BCUT2D eigenvalue weighted by molar-refractivity contribution is 7.92. The number of Topliss-reactive ketones (excluding diaryl/α,β-unsaturated/α-hetero) is 1. The van der Waals surface area contributed by atoms with Gasteiger partial charge in [0.05, 0.1) is 12.7 Å². The summed E-state index contributed by atoms with van der Waals surface area (Å²) in [6.45, 7) is 3.62. The van der Waals surface area contributed by atoms with Crippen molar-refractivity contribution in [1.82, 2.24) is 14.6 Å². The average Bonchev–Trinajstić information content (AvgIpc) is 3.05. The first-order valence-corrected chi connectivity index (χ1v) is 10.6. The molecular formula is C17H16N4O5S2. The maximum Gasteiger partial charge on any atom is 0.283 e. The van der Waals surface area contributed by atoms with Crippen molar-refractivity contribution in [1.29, 1.82) is 0 Å². The number of aromatic nitrogens is 3. The van der Waals surface area contributed by atoms with Crippen LogP contribution in [0.3, 0.4) is 0 Å². The minimum absolute atomic E-state index is 0.0214. The number of carbonyl (C=O) groups is 1. The van der Waals surface area contributed by atoms with Gasteiger partial charge in [-0.05, 0) is 30.2 Å². The number of anilines is 1. The molecule has 0 unspecified atom stereocenters. The van der Waals surface area contributed by atoms with Crippen molar-refractivity contribution in [2.75, 3.05) is 19.1 Å². The van der Waals surface area contributed by atoms with E-state index in [4.69, 9.17) is 10.5 Å². The van der Waals surface area contributed by atoms with Gasteiger partial charge < -0.3 is 10.5 Å². The van der Waals surface area contributed by atoms with Crippen LogP contribution in [0.4, 0.5) is 5.82 Å². The van der Waals surface area contributed by atoms with E-state index in [9.17, 15) is 18.0 Å². The second-order valence-corrected chi connectivity index (χ2v) is 9.04. The van der Waals surface area contributed by atoms with Gasteiger partial charge in [0.25, 0.3) is 5.56 Å². The molecule has 1 aliphatic rings. The van der Waals surface area contributed by atoms with Gasteiger partial charge in [-0.25, -0.2) is 8.42 Å². The monoisotopic (exact) mass is 420 g/mol. The van der Waals surface area contributed by atoms with Crippen LogP contribution in [-0.2, 0) is 19.4 Å². The van der Waals surface area contributed by atoms with Gasteiger partial charge in [-0.1, -0.05) is 17.4 Å². The number of rotatable bonds is 5. The van der Waals surface area contributed by atoms with Crippen molar-refractivity contribution < 1.29 is 17.9 Å². The number of nitrogen functional groups attached to an aromatic ring is 1. The number of fused-ring (bicyclic) bond motifs is 1. The van der Waals surface area contributed by atoms with E-state index in [-0.39, 0.29) is 32.2 Å². The Morgan fingerprint density at radius 2 is 2.07 bits per heavy atom. The van der Waals surface area contributed by atoms with Crippen LogP contribution in [0.15, 0.2) is 50.8 Å². The molecule has 9 nitrogen and oxygen atoms in total. The highest BCUT2D eigenvalue weighted by atomic mass is 32.2. The second kappa shape index (κ2) is 7.17. The van der Waals surface area contributed by atoms with Crippen LogP contribution in [0.1, 0.15) is 12.0 Å². The smallest absolute Gasteiger partial charge is 0.283 e. The Hall–Kier alpha value is -3.05. The van der Waals surface area contributed by atoms with Crippen LogP contribution >= 0.6 is 11.3 Å². The highest BCUT2D eigenvalue weighted by Crippen LogP contribution is 2.25. The quantitative estimate of drug-likeness (QED) is 0.712. The van der Waals surface area contributed by atoms with Crippen LogP contribution in [-0.4, -0.2) is 42.2 Å². The topological polar surface area (TPSA) is 134 Å². The predicted octanol–water partition coefficient (Wildman–Crippen LogP) is 1.14. The molecule has 2 aromatic heterocycles. The van der Waals surface area contributed by atoms with Gasteiger partial charge in [-0.15, -0.1) is 11.7 Å². The first-order valence-electron chi connectivity index (χ1n) is 7.88. The Bertz CT molecular complexity index is 1260. The van der Waals surface area contributed by atoms with E-state index in [2.05, 4.69) is 16.7 Å². The van der Waals surface area contributed by atoms with E-state index >= 15 is 0 Å². The number of hydrogen-bond donors (Lipinski definition) is 1. The van der Waals surface area contributed by atoms with Crippen molar-refractivity contribution in [3.8, 4) is 0 Å². The van der Waals surface area contributed by atoms with E-state index in [1.807, 2.05) is 0 Å². The first kappa shape index (κ1) is 19.7. The zero-order chi connectivity index (χ0) is 20.6. The fourth-order valence-corrected chi connectivity index (χ4v) is 4.23. The normalized spacial score (nSPS) is 16.2. The molecule has 0 aliphatic heterocycles. The third kappa shape index (κ3) is 3.53. The summed E-state index contributed by atoms with van der Waals surface area (Å²) in [5.74, 6) is -0.210. The van der Waals surface area contributed by atoms with E-state index < -0.39 is 15.4 Å². The van der Waals surface area contributed by atoms with Gasteiger partial charge in [0.15, 0.2) is 5.76 Å². The zero-order valence-electron chi connectivity index (χ0n) is 15.0. The van der Waals surface area contributed by atoms with Crippen molar-refractivity contribution >= 4 is 43.8 Å². The number of nitrogens with two attached hydrogens (primary N) is 1. The molecule has 0 bridgehead atoms. The average molecular weight is 420 g/mol. The van der Waals surface area contributed by atoms with E-state index in [1.165, 1.54) is 19.3 Å². The Morgan fingerprint density at radius 1 is 1.36 bits per heavy atom. The Kier molecular flexibility index (Phi) is 5.04. The summed E-state index contributed by atoms with van der Waals surface area (Å²) in [7, 11) is -2.20. The molecule has 0 saturated carbocycles.